The Morgan fingerprint density at radius 3 is 2.31 bits per heavy atom. The summed E-state index contributed by atoms with van der Waals surface area (Å²) < 4.78 is 50.4. The standard InChI is InChI=1S/C19H21N5O6S2/c1-2-3-15-13-23(32(29,30)17-8-9-18(21-12-17)22-19(25)26)10-11-24(15)14-4-6-16(7-5-14)31(20,27)28/h4-9,12,15H,10-11,13H2,1H3,(H,21,22)(H,25,26)(H2,20,27,28)/t15-/m0/s1. The van der Waals surface area contributed by atoms with E-state index < -0.39 is 32.2 Å². The molecule has 1 amide bonds. The van der Waals surface area contributed by atoms with Crippen LogP contribution in [0, 0.1) is 11.8 Å². The van der Waals surface area contributed by atoms with Gasteiger partial charge in [0, 0.05) is 31.5 Å². The third kappa shape index (κ3) is 5.17. The minimum Gasteiger partial charge on any atom is -0.465 e. The van der Waals surface area contributed by atoms with Gasteiger partial charge < -0.3 is 10.0 Å². The molecule has 1 aromatic carbocycles. The van der Waals surface area contributed by atoms with Gasteiger partial charge in [0.15, 0.2) is 0 Å². The van der Waals surface area contributed by atoms with Gasteiger partial charge in [0.1, 0.15) is 16.8 Å². The summed E-state index contributed by atoms with van der Waals surface area (Å²) in [5, 5.41) is 15.9. The van der Waals surface area contributed by atoms with Gasteiger partial charge in [-0.25, -0.2) is 31.8 Å². The van der Waals surface area contributed by atoms with Gasteiger partial charge in [0.2, 0.25) is 20.0 Å². The fourth-order valence-corrected chi connectivity index (χ4v) is 5.17. The number of sulfonamides is 2. The number of carboxylic acid groups (broad SMARTS) is 1. The molecule has 1 fully saturated rings. The van der Waals surface area contributed by atoms with Gasteiger partial charge in [0.05, 0.1) is 4.90 Å². The molecule has 0 saturated carbocycles. The average Bonchev–Trinajstić information content (AvgIpc) is 2.73. The fourth-order valence-electron chi connectivity index (χ4n) is 3.27. The maximum atomic E-state index is 13.1. The predicted molar refractivity (Wildman–Crippen MR) is 117 cm³/mol. The summed E-state index contributed by atoms with van der Waals surface area (Å²) in [6, 6.07) is 8.08. The third-order valence-electron chi connectivity index (χ3n) is 4.76. The van der Waals surface area contributed by atoms with Crippen molar-refractivity contribution in [1.82, 2.24) is 9.29 Å². The molecule has 1 aliphatic heterocycles. The van der Waals surface area contributed by atoms with E-state index in [1.54, 1.807) is 19.1 Å². The molecule has 1 atom stereocenters. The van der Waals surface area contributed by atoms with E-state index in [2.05, 4.69) is 22.1 Å². The van der Waals surface area contributed by atoms with Crippen LogP contribution in [0.4, 0.5) is 16.3 Å². The zero-order valence-electron chi connectivity index (χ0n) is 17.0. The summed E-state index contributed by atoms with van der Waals surface area (Å²) in [5.74, 6) is 5.82. The fraction of sp³-hybridized carbons (Fsp3) is 0.263. The molecule has 3 rings (SSSR count). The molecule has 0 unspecified atom stereocenters. The maximum absolute atomic E-state index is 13.1. The van der Waals surface area contributed by atoms with Crippen molar-refractivity contribution in [1.29, 1.82) is 0 Å². The molecule has 32 heavy (non-hydrogen) atoms. The molecule has 4 N–H and O–H groups in total. The molecule has 0 aliphatic carbocycles. The first kappa shape index (κ1) is 23.5. The number of hydrogen-bond donors (Lipinski definition) is 3. The van der Waals surface area contributed by atoms with Gasteiger partial charge in [-0.2, -0.15) is 4.31 Å². The second kappa shape index (κ2) is 9.13. The van der Waals surface area contributed by atoms with Crippen molar-refractivity contribution in [3.05, 3.63) is 42.6 Å². The van der Waals surface area contributed by atoms with Crippen LogP contribution in [0.3, 0.4) is 0 Å². The highest BCUT2D eigenvalue weighted by molar-refractivity contribution is 7.89. The van der Waals surface area contributed by atoms with Crippen LogP contribution >= 0.6 is 0 Å². The van der Waals surface area contributed by atoms with Gasteiger partial charge in [-0.05, 0) is 43.3 Å². The number of piperazine rings is 1. The Hall–Kier alpha value is -3.18. The van der Waals surface area contributed by atoms with Crippen LogP contribution < -0.4 is 15.4 Å². The van der Waals surface area contributed by atoms with E-state index in [1.165, 1.54) is 28.6 Å². The molecular formula is C19H21N5O6S2. The number of pyridine rings is 1. The van der Waals surface area contributed by atoms with Crippen molar-refractivity contribution in [2.75, 3.05) is 29.9 Å². The summed E-state index contributed by atoms with van der Waals surface area (Å²) in [6.45, 7) is 2.21. The van der Waals surface area contributed by atoms with Crippen LogP contribution in [0.2, 0.25) is 0 Å². The summed E-state index contributed by atoms with van der Waals surface area (Å²) in [5.41, 5.74) is 0.688. The summed E-state index contributed by atoms with van der Waals surface area (Å²) in [6.07, 6.45) is -0.207. The number of nitrogens with one attached hydrogen (secondary N) is 1. The Morgan fingerprint density at radius 2 is 1.78 bits per heavy atom. The van der Waals surface area contributed by atoms with E-state index in [0.717, 1.165) is 6.20 Å². The number of carbonyl (C=O) groups is 1. The first-order valence-corrected chi connectivity index (χ1v) is 12.3. The van der Waals surface area contributed by atoms with Crippen LogP contribution in [0.25, 0.3) is 0 Å². The van der Waals surface area contributed by atoms with Crippen molar-refractivity contribution in [3.8, 4) is 11.8 Å². The van der Waals surface area contributed by atoms with E-state index in [0.29, 0.717) is 12.2 Å². The molecule has 0 bridgehead atoms. The molecular weight excluding hydrogens is 458 g/mol. The molecule has 0 spiro atoms. The minimum absolute atomic E-state index is 0.0129. The van der Waals surface area contributed by atoms with Crippen LogP contribution in [0.1, 0.15) is 6.92 Å². The Labute approximate surface area is 186 Å². The molecule has 1 aromatic heterocycles. The average molecular weight is 480 g/mol. The maximum Gasteiger partial charge on any atom is 0.410 e. The van der Waals surface area contributed by atoms with Crippen LogP contribution in [-0.4, -0.2) is 63.0 Å². The molecule has 13 heteroatoms. The summed E-state index contributed by atoms with van der Waals surface area (Å²) in [4.78, 5) is 16.3. The number of nitrogens with two attached hydrogens (primary N) is 1. The smallest absolute Gasteiger partial charge is 0.410 e. The van der Waals surface area contributed by atoms with E-state index in [1.807, 2.05) is 4.90 Å². The van der Waals surface area contributed by atoms with E-state index in [-0.39, 0.29) is 28.7 Å². The molecule has 0 radical (unpaired) electrons. The van der Waals surface area contributed by atoms with Crippen molar-refractivity contribution in [2.24, 2.45) is 5.14 Å². The lowest BCUT2D eigenvalue weighted by atomic mass is 10.1. The Morgan fingerprint density at radius 1 is 1.12 bits per heavy atom. The number of benzene rings is 1. The predicted octanol–water partition coefficient (Wildman–Crippen LogP) is 0.722. The third-order valence-corrected chi connectivity index (χ3v) is 7.54. The Balaban J connectivity index is 1.82. The highest BCUT2D eigenvalue weighted by Crippen LogP contribution is 2.25. The second-order valence-electron chi connectivity index (χ2n) is 6.81. The number of rotatable bonds is 5. The zero-order chi connectivity index (χ0) is 23.5. The minimum atomic E-state index is -3.88. The van der Waals surface area contributed by atoms with Gasteiger partial charge in [-0.15, -0.1) is 5.92 Å². The number of hydrogen-bond acceptors (Lipinski definition) is 7. The van der Waals surface area contributed by atoms with Crippen molar-refractivity contribution in [2.45, 2.75) is 22.8 Å². The van der Waals surface area contributed by atoms with Gasteiger partial charge in [-0.3, -0.25) is 5.32 Å². The molecule has 170 valence electrons. The first-order chi connectivity index (χ1) is 15.0. The van der Waals surface area contributed by atoms with Gasteiger partial charge in [0.25, 0.3) is 0 Å². The van der Waals surface area contributed by atoms with Crippen molar-refractivity contribution >= 4 is 37.6 Å². The molecule has 11 nitrogen and oxygen atoms in total. The first-order valence-electron chi connectivity index (χ1n) is 9.30. The van der Waals surface area contributed by atoms with Crippen molar-refractivity contribution < 1.29 is 26.7 Å². The summed E-state index contributed by atoms with van der Waals surface area (Å²) in [7, 11) is -7.70. The van der Waals surface area contributed by atoms with Gasteiger partial charge >= 0.3 is 6.09 Å². The highest BCUT2D eigenvalue weighted by Gasteiger charge is 2.34. The number of primary sulfonamides is 1. The lowest BCUT2D eigenvalue weighted by Gasteiger charge is -2.39. The molecule has 2 heterocycles. The second-order valence-corrected chi connectivity index (χ2v) is 10.3. The SMILES string of the molecule is CC#C[C@H]1CN(S(=O)(=O)c2ccc(NC(=O)O)nc2)CCN1c1ccc(S(N)(=O)=O)cc1. The van der Waals surface area contributed by atoms with Crippen LogP contribution in [0.15, 0.2) is 52.4 Å². The molecule has 1 aliphatic rings. The lowest BCUT2D eigenvalue weighted by Crippen LogP contribution is -2.54. The topological polar surface area (TPSA) is 163 Å². The number of nitrogens with zero attached hydrogens (tertiary/aromatic N) is 3. The van der Waals surface area contributed by atoms with Crippen LogP contribution in [0.5, 0.6) is 0 Å². The normalized spacial score (nSPS) is 17.3. The largest absolute Gasteiger partial charge is 0.465 e. The van der Waals surface area contributed by atoms with Crippen molar-refractivity contribution in [3.63, 3.8) is 0 Å². The van der Waals surface area contributed by atoms with Gasteiger partial charge in [-0.1, -0.05) is 5.92 Å². The Kier molecular flexibility index (Phi) is 6.70. The summed E-state index contributed by atoms with van der Waals surface area (Å²) >= 11 is 0. The number of amides is 1. The number of anilines is 2. The molecule has 2 aromatic rings. The van der Waals surface area contributed by atoms with E-state index in [4.69, 9.17) is 10.2 Å². The monoisotopic (exact) mass is 479 g/mol. The lowest BCUT2D eigenvalue weighted by molar-refractivity contribution is 0.209. The highest BCUT2D eigenvalue weighted by atomic mass is 32.2. The quantitative estimate of drug-likeness (QED) is 0.528. The van der Waals surface area contributed by atoms with E-state index >= 15 is 0 Å². The molecule has 1 saturated heterocycles. The Bertz CT molecular complexity index is 1270. The van der Waals surface area contributed by atoms with Crippen LogP contribution in [-0.2, 0) is 20.0 Å². The zero-order valence-corrected chi connectivity index (χ0v) is 18.6. The number of aromatic nitrogens is 1. The van der Waals surface area contributed by atoms with E-state index in [9.17, 15) is 21.6 Å².